The molecule has 24 heavy (non-hydrogen) atoms. The molecule has 2 aromatic rings. The van der Waals surface area contributed by atoms with Crippen molar-refractivity contribution in [3.8, 4) is 0 Å². The van der Waals surface area contributed by atoms with E-state index in [1.807, 2.05) is 38.1 Å². The fourth-order valence-corrected chi connectivity index (χ4v) is 3.04. The summed E-state index contributed by atoms with van der Waals surface area (Å²) in [4.78, 5) is 0. The van der Waals surface area contributed by atoms with Crippen LogP contribution < -0.4 is 5.73 Å². The van der Waals surface area contributed by atoms with Gasteiger partial charge in [0.25, 0.3) is 0 Å². The molecule has 2 atom stereocenters. The lowest BCUT2D eigenvalue weighted by molar-refractivity contribution is -0.137. The molecule has 2 nitrogen and oxygen atoms in total. The van der Waals surface area contributed by atoms with E-state index in [4.69, 9.17) is 5.73 Å². The summed E-state index contributed by atoms with van der Waals surface area (Å²) in [6, 6.07) is 12.9. The van der Waals surface area contributed by atoms with Gasteiger partial charge in [-0.1, -0.05) is 43.3 Å². The van der Waals surface area contributed by atoms with Crippen LogP contribution in [0.2, 0.25) is 0 Å². The van der Waals surface area contributed by atoms with Crippen LogP contribution >= 0.6 is 0 Å². The molecule has 0 radical (unpaired) electrons. The third-order valence-corrected chi connectivity index (χ3v) is 4.41. The van der Waals surface area contributed by atoms with Crippen LogP contribution in [0.25, 0.3) is 0 Å². The van der Waals surface area contributed by atoms with Crippen molar-refractivity contribution < 1.29 is 18.3 Å². The minimum absolute atomic E-state index is 0.257. The Morgan fingerprint density at radius 1 is 1.00 bits per heavy atom. The zero-order valence-corrected chi connectivity index (χ0v) is 13.8. The predicted molar refractivity (Wildman–Crippen MR) is 88.5 cm³/mol. The monoisotopic (exact) mass is 337 g/mol. The number of nitrogens with two attached hydrogens (primary N) is 1. The minimum atomic E-state index is -4.36. The van der Waals surface area contributed by atoms with Gasteiger partial charge in [0.2, 0.25) is 0 Å². The van der Waals surface area contributed by atoms with Gasteiger partial charge in [0, 0.05) is 5.41 Å². The molecule has 0 aliphatic rings. The Morgan fingerprint density at radius 2 is 1.54 bits per heavy atom. The molecule has 0 bridgehead atoms. The van der Waals surface area contributed by atoms with E-state index in [9.17, 15) is 18.3 Å². The first-order valence-electron chi connectivity index (χ1n) is 7.78. The highest BCUT2D eigenvalue weighted by Gasteiger charge is 2.33. The third-order valence-electron chi connectivity index (χ3n) is 4.41. The fourth-order valence-electron chi connectivity index (χ4n) is 3.04. The maximum Gasteiger partial charge on any atom is 0.416 e. The fraction of sp³-hybridized carbons (Fsp3) is 0.368. The Hall–Kier alpha value is -1.85. The van der Waals surface area contributed by atoms with E-state index in [1.54, 1.807) is 0 Å². The summed E-state index contributed by atoms with van der Waals surface area (Å²) in [6.07, 6.45) is -4.56. The van der Waals surface area contributed by atoms with E-state index in [-0.39, 0.29) is 6.42 Å². The van der Waals surface area contributed by atoms with Gasteiger partial charge in [-0.25, -0.2) is 0 Å². The highest BCUT2D eigenvalue weighted by atomic mass is 19.4. The lowest BCUT2D eigenvalue weighted by Crippen LogP contribution is -2.34. The first kappa shape index (κ1) is 18.5. The number of alkyl halides is 3. The van der Waals surface area contributed by atoms with Crippen molar-refractivity contribution in [3.63, 3.8) is 0 Å². The van der Waals surface area contributed by atoms with E-state index in [1.165, 1.54) is 12.1 Å². The van der Waals surface area contributed by atoms with Crippen molar-refractivity contribution in [1.29, 1.82) is 0 Å². The van der Waals surface area contributed by atoms with Crippen LogP contribution in [0.4, 0.5) is 13.2 Å². The zero-order valence-electron chi connectivity index (χ0n) is 13.8. The molecule has 0 aromatic heterocycles. The van der Waals surface area contributed by atoms with Gasteiger partial charge in [-0.3, -0.25) is 0 Å². The molecular formula is C19H22F3NO. The van der Waals surface area contributed by atoms with Gasteiger partial charge >= 0.3 is 6.18 Å². The maximum atomic E-state index is 12.8. The number of aliphatic hydroxyl groups is 1. The SMILES string of the molecule is Cc1ccccc1CC(C)(C[C@H](N)O)c1ccc(C(F)(F)F)cc1. The number of rotatable bonds is 5. The van der Waals surface area contributed by atoms with Crippen molar-refractivity contribution in [2.75, 3.05) is 0 Å². The molecule has 0 saturated heterocycles. The van der Waals surface area contributed by atoms with Gasteiger partial charge in [-0.2, -0.15) is 13.2 Å². The second-order valence-corrected chi connectivity index (χ2v) is 6.51. The van der Waals surface area contributed by atoms with Crippen LogP contribution in [0.3, 0.4) is 0 Å². The molecule has 2 aromatic carbocycles. The van der Waals surface area contributed by atoms with Crippen molar-refractivity contribution >= 4 is 0 Å². The molecule has 0 heterocycles. The Kier molecular flexibility index (Phi) is 5.35. The van der Waals surface area contributed by atoms with Crippen LogP contribution in [0.15, 0.2) is 48.5 Å². The van der Waals surface area contributed by atoms with Gasteiger partial charge in [-0.15, -0.1) is 0 Å². The number of aryl methyl sites for hydroxylation is 1. The normalized spacial score (nSPS) is 15.8. The smallest absolute Gasteiger partial charge is 0.379 e. The Bertz CT molecular complexity index is 680. The molecule has 0 spiro atoms. The first-order chi connectivity index (χ1) is 11.1. The summed E-state index contributed by atoms with van der Waals surface area (Å²) in [5.41, 5.74) is 7.24. The number of hydrogen-bond donors (Lipinski definition) is 2. The van der Waals surface area contributed by atoms with Gasteiger partial charge < -0.3 is 10.8 Å². The number of hydrogen-bond acceptors (Lipinski definition) is 2. The van der Waals surface area contributed by atoms with Crippen LogP contribution in [0.5, 0.6) is 0 Å². The van der Waals surface area contributed by atoms with E-state index in [2.05, 4.69) is 0 Å². The Labute approximate surface area is 140 Å². The molecule has 0 aliphatic carbocycles. The summed E-state index contributed by atoms with van der Waals surface area (Å²) in [5.74, 6) is 0. The quantitative estimate of drug-likeness (QED) is 0.804. The molecule has 2 rings (SSSR count). The van der Waals surface area contributed by atoms with Gasteiger partial charge in [0.05, 0.1) is 5.56 Å². The molecule has 1 unspecified atom stereocenters. The topological polar surface area (TPSA) is 46.2 Å². The summed E-state index contributed by atoms with van der Waals surface area (Å²) < 4.78 is 38.3. The van der Waals surface area contributed by atoms with Crippen LogP contribution in [0, 0.1) is 6.92 Å². The van der Waals surface area contributed by atoms with Gasteiger partial charge in [0.1, 0.15) is 6.23 Å². The van der Waals surface area contributed by atoms with E-state index >= 15 is 0 Å². The molecule has 0 amide bonds. The highest BCUT2D eigenvalue weighted by molar-refractivity contribution is 5.35. The summed E-state index contributed by atoms with van der Waals surface area (Å²) >= 11 is 0. The van der Waals surface area contributed by atoms with Crippen molar-refractivity contribution in [2.45, 2.75) is 44.5 Å². The number of halogens is 3. The second kappa shape index (κ2) is 6.95. The van der Waals surface area contributed by atoms with Gasteiger partial charge in [0.15, 0.2) is 0 Å². The van der Waals surface area contributed by atoms with Crippen LogP contribution in [-0.4, -0.2) is 11.3 Å². The molecule has 0 fully saturated rings. The van der Waals surface area contributed by atoms with Crippen LogP contribution in [0.1, 0.15) is 35.6 Å². The Balaban J connectivity index is 2.38. The average molecular weight is 337 g/mol. The second-order valence-electron chi connectivity index (χ2n) is 6.51. The molecule has 5 heteroatoms. The van der Waals surface area contributed by atoms with Crippen LogP contribution in [-0.2, 0) is 18.0 Å². The molecule has 130 valence electrons. The summed E-state index contributed by atoms with van der Waals surface area (Å²) in [6.45, 7) is 3.90. The molecule has 3 N–H and O–H groups in total. The zero-order chi connectivity index (χ0) is 18.0. The number of aliphatic hydroxyl groups excluding tert-OH is 1. The predicted octanol–water partition coefficient (Wildman–Crippen LogP) is 4.18. The molecule has 0 saturated carbocycles. The van der Waals surface area contributed by atoms with E-state index in [0.29, 0.717) is 6.42 Å². The molecule has 0 aliphatic heterocycles. The van der Waals surface area contributed by atoms with Crippen molar-refractivity contribution in [2.24, 2.45) is 5.73 Å². The maximum absolute atomic E-state index is 12.8. The lowest BCUT2D eigenvalue weighted by Gasteiger charge is -2.32. The lowest BCUT2D eigenvalue weighted by atomic mass is 9.73. The number of benzene rings is 2. The minimum Gasteiger partial charge on any atom is -0.379 e. The standard InChI is InChI=1S/C19H22F3NO/c1-13-5-3-4-6-14(13)11-18(2,12-17(23)24)15-7-9-16(10-8-15)19(20,21)22/h3-10,17,24H,11-12,23H2,1-2H3/t17-,18?/m1/s1. The third kappa shape index (κ3) is 4.36. The summed E-state index contributed by atoms with van der Waals surface area (Å²) in [7, 11) is 0. The largest absolute Gasteiger partial charge is 0.416 e. The highest BCUT2D eigenvalue weighted by Crippen LogP contribution is 2.36. The van der Waals surface area contributed by atoms with Crippen molar-refractivity contribution in [1.82, 2.24) is 0 Å². The van der Waals surface area contributed by atoms with E-state index in [0.717, 1.165) is 28.8 Å². The van der Waals surface area contributed by atoms with E-state index < -0.39 is 23.4 Å². The van der Waals surface area contributed by atoms with Gasteiger partial charge in [-0.05, 0) is 48.6 Å². The Morgan fingerprint density at radius 3 is 2.04 bits per heavy atom. The van der Waals surface area contributed by atoms with Crippen molar-refractivity contribution in [3.05, 3.63) is 70.8 Å². The first-order valence-corrected chi connectivity index (χ1v) is 7.78. The molecular weight excluding hydrogens is 315 g/mol. The average Bonchev–Trinajstić information content (AvgIpc) is 2.48. The summed E-state index contributed by atoms with van der Waals surface area (Å²) in [5, 5.41) is 9.68.